The summed E-state index contributed by atoms with van der Waals surface area (Å²) < 4.78 is 25.9. The SMILES string of the molecule is NC(=NC1CC1)N=C(N)N1CCC(F)(F)CC1. The van der Waals surface area contributed by atoms with Crippen LogP contribution in [-0.4, -0.2) is 41.9 Å². The van der Waals surface area contributed by atoms with E-state index >= 15 is 0 Å². The van der Waals surface area contributed by atoms with Crippen molar-refractivity contribution >= 4 is 11.9 Å². The van der Waals surface area contributed by atoms with Gasteiger partial charge in [-0.15, -0.1) is 0 Å². The van der Waals surface area contributed by atoms with Crippen molar-refractivity contribution in [3.05, 3.63) is 0 Å². The van der Waals surface area contributed by atoms with Crippen LogP contribution >= 0.6 is 0 Å². The molecule has 17 heavy (non-hydrogen) atoms. The second kappa shape index (κ2) is 4.46. The average molecular weight is 245 g/mol. The van der Waals surface area contributed by atoms with Gasteiger partial charge >= 0.3 is 0 Å². The number of hydrogen-bond donors (Lipinski definition) is 2. The van der Waals surface area contributed by atoms with Crippen LogP contribution in [-0.2, 0) is 0 Å². The lowest BCUT2D eigenvalue weighted by Gasteiger charge is -2.32. The Morgan fingerprint density at radius 3 is 2.29 bits per heavy atom. The van der Waals surface area contributed by atoms with Crippen molar-refractivity contribution in [2.75, 3.05) is 13.1 Å². The van der Waals surface area contributed by atoms with Crippen molar-refractivity contribution < 1.29 is 8.78 Å². The summed E-state index contributed by atoms with van der Waals surface area (Å²) in [5.74, 6) is -2.26. The van der Waals surface area contributed by atoms with Gasteiger partial charge in [0, 0.05) is 25.9 Å². The molecule has 1 saturated carbocycles. The summed E-state index contributed by atoms with van der Waals surface area (Å²) in [7, 11) is 0. The molecule has 7 heteroatoms. The third kappa shape index (κ3) is 3.54. The Bertz CT molecular complexity index is 339. The van der Waals surface area contributed by atoms with E-state index in [-0.39, 0.29) is 43.9 Å². The van der Waals surface area contributed by atoms with Crippen molar-refractivity contribution in [2.24, 2.45) is 21.5 Å². The molecular formula is C10H17F2N5. The summed E-state index contributed by atoms with van der Waals surface area (Å²) in [6.45, 7) is 0.415. The molecule has 0 aromatic rings. The molecule has 1 saturated heterocycles. The van der Waals surface area contributed by atoms with Gasteiger partial charge in [0.05, 0.1) is 6.04 Å². The van der Waals surface area contributed by atoms with E-state index in [4.69, 9.17) is 11.5 Å². The Hall–Kier alpha value is -1.40. The largest absolute Gasteiger partial charge is 0.369 e. The van der Waals surface area contributed by atoms with Gasteiger partial charge < -0.3 is 16.4 Å². The first-order valence-electron chi connectivity index (χ1n) is 5.76. The highest BCUT2D eigenvalue weighted by Gasteiger charge is 2.34. The van der Waals surface area contributed by atoms with Gasteiger partial charge in [-0.1, -0.05) is 0 Å². The molecule has 1 aliphatic heterocycles. The Kier molecular flexibility index (Phi) is 3.17. The number of halogens is 2. The molecule has 0 aromatic heterocycles. The van der Waals surface area contributed by atoms with Crippen molar-refractivity contribution in [3.8, 4) is 0 Å². The minimum Gasteiger partial charge on any atom is -0.369 e. The van der Waals surface area contributed by atoms with Crippen LogP contribution in [0.2, 0.25) is 0 Å². The zero-order chi connectivity index (χ0) is 12.5. The van der Waals surface area contributed by atoms with E-state index in [1.54, 1.807) is 4.90 Å². The van der Waals surface area contributed by atoms with Crippen LogP contribution < -0.4 is 11.5 Å². The highest BCUT2D eigenvalue weighted by atomic mass is 19.3. The van der Waals surface area contributed by atoms with Crippen molar-refractivity contribution in [1.29, 1.82) is 0 Å². The fourth-order valence-electron chi connectivity index (χ4n) is 1.67. The van der Waals surface area contributed by atoms with Gasteiger partial charge in [-0.05, 0) is 12.8 Å². The predicted octanol–water partition coefficient (Wildman–Crippen LogP) is 0.509. The second-order valence-corrected chi connectivity index (χ2v) is 4.53. The molecule has 1 aliphatic carbocycles. The molecule has 0 aromatic carbocycles. The molecule has 4 N–H and O–H groups in total. The first-order chi connectivity index (χ1) is 7.96. The molecule has 2 fully saturated rings. The average Bonchev–Trinajstić information content (AvgIpc) is 3.01. The molecule has 1 heterocycles. The van der Waals surface area contributed by atoms with Crippen LogP contribution in [0.1, 0.15) is 25.7 Å². The highest BCUT2D eigenvalue weighted by Crippen LogP contribution is 2.27. The summed E-state index contributed by atoms with van der Waals surface area (Å²) in [6, 6.07) is 0.275. The molecule has 2 aliphatic rings. The molecule has 2 rings (SSSR count). The number of rotatable bonds is 1. The van der Waals surface area contributed by atoms with Gasteiger partial charge in [0.15, 0.2) is 5.96 Å². The number of nitrogens with zero attached hydrogens (tertiary/aromatic N) is 3. The molecule has 0 amide bonds. The smallest absolute Gasteiger partial charge is 0.251 e. The van der Waals surface area contributed by atoms with Gasteiger partial charge in [-0.3, -0.25) is 0 Å². The second-order valence-electron chi connectivity index (χ2n) is 4.53. The number of hydrogen-bond acceptors (Lipinski definition) is 1. The molecule has 96 valence electrons. The van der Waals surface area contributed by atoms with Gasteiger partial charge in [0.2, 0.25) is 5.96 Å². The third-order valence-corrected chi connectivity index (χ3v) is 2.91. The van der Waals surface area contributed by atoms with E-state index < -0.39 is 5.92 Å². The van der Waals surface area contributed by atoms with E-state index in [1.165, 1.54) is 0 Å². The summed E-state index contributed by atoms with van der Waals surface area (Å²) in [5.41, 5.74) is 11.3. The Morgan fingerprint density at radius 1 is 1.18 bits per heavy atom. The summed E-state index contributed by atoms with van der Waals surface area (Å²) in [6.07, 6.45) is 1.68. The lowest BCUT2D eigenvalue weighted by molar-refractivity contribution is -0.0435. The van der Waals surface area contributed by atoms with Crippen LogP contribution in [0.25, 0.3) is 0 Å². The maximum Gasteiger partial charge on any atom is 0.251 e. The Morgan fingerprint density at radius 2 is 1.76 bits per heavy atom. The van der Waals surface area contributed by atoms with Crippen molar-refractivity contribution in [1.82, 2.24) is 4.90 Å². The number of aliphatic imine (C=N–C) groups is 2. The van der Waals surface area contributed by atoms with Crippen LogP contribution in [0.5, 0.6) is 0 Å². The highest BCUT2D eigenvalue weighted by molar-refractivity contribution is 5.93. The monoisotopic (exact) mass is 245 g/mol. The van der Waals surface area contributed by atoms with Crippen LogP contribution in [0, 0.1) is 0 Å². The molecule has 0 radical (unpaired) electrons. The van der Waals surface area contributed by atoms with E-state index in [1.807, 2.05) is 0 Å². The third-order valence-electron chi connectivity index (χ3n) is 2.91. The zero-order valence-corrected chi connectivity index (χ0v) is 9.57. The van der Waals surface area contributed by atoms with Crippen molar-refractivity contribution in [2.45, 2.75) is 37.6 Å². The van der Waals surface area contributed by atoms with Gasteiger partial charge in [-0.25, -0.2) is 13.8 Å². The quantitative estimate of drug-likeness (QED) is 0.521. The van der Waals surface area contributed by atoms with Gasteiger partial charge in [0.1, 0.15) is 0 Å². The van der Waals surface area contributed by atoms with Crippen LogP contribution in [0.15, 0.2) is 9.98 Å². The van der Waals surface area contributed by atoms with E-state index in [0.717, 1.165) is 12.8 Å². The molecular weight excluding hydrogens is 228 g/mol. The minimum atomic E-state index is -2.58. The van der Waals surface area contributed by atoms with E-state index in [0.29, 0.717) is 0 Å². The maximum atomic E-state index is 12.9. The normalized spacial score (nSPS) is 26.1. The Labute approximate surface area is 98.6 Å². The molecule has 0 unspecified atom stereocenters. The van der Waals surface area contributed by atoms with E-state index in [2.05, 4.69) is 9.98 Å². The lowest BCUT2D eigenvalue weighted by atomic mass is 10.1. The molecule has 5 nitrogen and oxygen atoms in total. The van der Waals surface area contributed by atoms with Gasteiger partial charge in [-0.2, -0.15) is 4.99 Å². The van der Waals surface area contributed by atoms with Crippen LogP contribution in [0.4, 0.5) is 8.78 Å². The Balaban J connectivity index is 1.91. The fourth-order valence-corrected chi connectivity index (χ4v) is 1.67. The van der Waals surface area contributed by atoms with Gasteiger partial charge in [0.25, 0.3) is 5.92 Å². The summed E-state index contributed by atoms with van der Waals surface area (Å²) in [5, 5.41) is 0. The zero-order valence-electron chi connectivity index (χ0n) is 9.57. The van der Waals surface area contributed by atoms with E-state index in [9.17, 15) is 8.78 Å². The maximum absolute atomic E-state index is 12.9. The van der Waals surface area contributed by atoms with Crippen LogP contribution in [0.3, 0.4) is 0 Å². The molecule has 0 spiro atoms. The predicted molar refractivity (Wildman–Crippen MR) is 62.0 cm³/mol. The number of likely N-dealkylation sites (tertiary alicyclic amines) is 1. The number of guanidine groups is 2. The number of nitrogens with two attached hydrogens (primary N) is 2. The fraction of sp³-hybridized carbons (Fsp3) is 0.800. The number of alkyl halides is 2. The summed E-state index contributed by atoms with van der Waals surface area (Å²) in [4.78, 5) is 9.65. The lowest BCUT2D eigenvalue weighted by Crippen LogP contribution is -2.46. The topological polar surface area (TPSA) is 80.0 Å². The van der Waals surface area contributed by atoms with Crippen molar-refractivity contribution in [3.63, 3.8) is 0 Å². The standard InChI is InChI=1S/C10H17F2N5/c11-10(12)3-5-17(6-4-10)9(14)16-8(13)15-7-1-2-7/h7H,1-6H2,(H4,13,14,15,16). The summed E-state index contributed by atoms with van der Waals surface area (Å²) >= 11 is 0. The minimum absolute atomic E-state index is 0.141. The number of piperidine rings is 1. The first-order valence-corrected chi connectivity index (χ1v) is 5.76. The molecule has 0 atom stereocenters. The molecule has 0 bridgehead atoms. The first kappa shape index (κ1) is 12.1.